The van der Waals surface area contributed by atoms with Crippen LogP contribution in [0.3, 0.4) is 0 Å². The van der Waals surface area contributed by atoms with Gasteiger partial charge in [0.1, 0.15) is 0 Å². The fourth-order valence-electron chi connectivity index (χ4n) is 2.24. The van der Waals surface area contributed by atoms with Gasteiger partial charge in [-0.3, -0.25) is 0 Å². The molecular weight excluding hydrogens is 284 g/mol. The van der Waals surface area contributed by atoms with Crippen molar-refractivity contribution in [2.45, 2.75) is 6.04 Å². The van der Waals surface area contributed by atoms with Gasteiger partial charge in [0.2, 0.25) is 0 Å². The van der Waals surface area contributed by atoms with Gasteiger partial charge < -0.3 is 14.9 Å². The van der Waals surface area contributed by atoms with Crippen LogP contribution < -0.4 is 0 Å². The van der Waals surface area contributed by atoms with E-state index in [1.807, 2.05) is 18.3 Å². The number of nitrogens with zero attached hydrogens (tertiary/aromatic N) is 1. The Morgan fingerprint density at radius 1 is 1.47 bits per heavy atom. The number of aromatic amines is 1. The van der Waals surface area contributed by atoms with Crippen molar-refractivity contribution in [2.24, 2.45) is 0 Å². The number of hydrogen-bond donors (Lipinski definition) is 2. The first-order valence-corrected chi connectivity index (χ1v) is 6.35. The second-order valence-corrected chi connectivity index (χ2v) is 5.10. The lowest BCUT2D eigenvalue weighted by Gasteiger charge is -2.30. The van der Waals surface area contributed by atoms with Crippen molar-refractivity contribution in [3.05, 3.63) is 34.4 Å². The van der Waals surface area contributed by atoms with Crippen molar-refractivity contribution in [1.82, 2.24) is 10.0 Å². The van der Waals surface area contributed by atoms with E-state index in [-0.39, 0.29) is 6.04 Å². The molecule has 0 amide bonds. The minimum atomic E-state index is -0.0909. The molecule has 0 aliphatic carbocycles. The summed E-state index contributed by atoms with van der Waals surface area (Å²) in [6.45, 7) is 1.65. The normalized spacial score (nSPS) is 22.1. The SMILES string of the molecule is ON1CCOC[C@@H]1c1c[nH]c2ccc(Br)cc12. The zero-order valence-corrected chi connectivity index (χ0v) is 10.8. The number of hydroxylamine groups is 2. The second kappa shape index (κ2) is 4.42. The third-order valence-corrected chi connectivity index (χ3v) is 3.63. The molecule has 2 N–H and O–H groups in total. The molecule has 2 aromatic rings. The summed E-state index contributed by atoms with van der Waals surface area (Å²) in [5.74, 6) is 0. The Labute approximate surface area is 107 Å². The summed E-state index contributed by atoms with van der Waals surface area (Å²) >= 11 is 3.47. The number of nitrogens with one attached hydrogen (secondary N) is 1. The fraction of sp³-hybridized carbons (Fsp3) is 0.333. The van der Waals surface area contributed by atoms with Crippen molar-refractivity contribution in [3.8, 4) is 0 Å². The van der Waals surface area contributed by atoms with Crippen LogP contribution in [0.25, 0.3) is 10.9 Å². The first-order valence-electron chi connectivity index (χ1n) is 5.55. The number of rotatable bonds is 1. The van der Waals surface area contributed by atoms with Crippen molar-refractivity contribution < 1.29 is 9.94 Å². The Balaban J connectivity index is 2.07. The van der Waals surface area contributed by atoms with E-state index in [4.69, 9.17) is 4.74 Å². The summed E-state index contributed by atoms with van der Waals surface area (Å²) in [7, 11) is 0. The van der Waals surface area contributed by atoms with Crippen LogP contribution >= 0.6 is 15.9 Å². The minimum absolute atomic E-state index is 0.0909. The predicted molar refractivity (Wildman–Crippen MR) is 68.1 cm³/mol. The average Bonchev–Trinajstić information content (AvgIpc) is 2.72. The summed E-state index contributed by atoms with van der Waals surface area (Å²) in [5, 5.41) is 12.4. The van der Waals surface area contributed by atoms with Gasteiger partial charge in [0.05, 0.1) is 19.3 Å². The fourth-order valence-corrected chi connectivity index (χ4v) is 2.60. The molecule has 4 nitrogen and oxygen atoms in total. The Bertz CT molecular complexity index is 540. The van der Waals surface area contributed by atoms with Crippen LogP contribution in [0, 0.1) is 0 Å². The van der Waals surface area contributed by atoms with E-state index < -0.39 is 0 Å². The molecule has 1 aromatic carbocycles. The number of H-pyrrole nitrogens is 1. The zero-order valence-electron chi connectivity index (χ0n) is 9.19. The maximum absolute atomic E-state index is 9.90. The van der Waals surface area contributed by atoms with Gasteiger partial charge in [0.15, 0.2) is 0 Å². The number of fused-ring (bicyclic) bond motifs is 1. The summed E-state index contributed by atoms with van der Waals surface area (Å²) in [4.78, 5) is 3.22. The third-order valence-electron chi connectivity index (χ3n) is 3.14. The van der Waals surface area contributed by atoms with Gasteiger partial charge in [-0.05, 0) is 23.8 Å². The van der Waals surface area contributed by atoms with E-state index in [0.29, 0.717) is 19.8 Å². The van der Waals surface area contributed by atoms with Crippen LogP contribution in [0.2, 0.25) is 0 Å². The highest BCUT2D eigenvalue weighted by Gasteiger charge is 2.25. The van der Waals surface area contributed by atoms with Crippen molar-refractivity contribution in [2.75, 3.05) is 19.8 Å². The van der Waals surface area contributed by atoms with Crippen LogP contribution in [0.5, 0.6) is 0 Å². The summed E-state index contributed by atoms with van der Waals surface area (Å²) in [6.07, 6.45) is 1.94. The summed E-state index contributed by atoms with van der Waals surface area (Å²) in [5.41, 5.74) is 2.14. The standard InChI is InChI=1S/C12H13BrN2O2/c13-8-1-2-11-9(5-8)10(6-14-11)12-7-17-4-3-15(12)16/h1-2,5-6,12,14,16H,3-4,7H2/t12-/m1/s1. The molecule has 3 rings (SSSR count). The van der Waals surface area contributed by atoms with E-state index >= 15 is 0 Å². The quantitative estimate of drug-likeness (QED) is 0.851. The van der Waals surface area contributed by atoms with Crippen LogP contribution in [0.4, 0.5) is 0 Å². The number of morpholine rings is 1. The highest BCUT2D eigenvalue weighted by Crippen LogP contribution is 2.30. The van der Waals surface area contributed by atoms with Gasteiger partial charge in [-0.2, -0.15) is 5.06 Å². The highest BCUT2D eigenvalue weighted by molar-refractivity contribution is 9.10. The Morgan fingerprint density at radius 3 is 3.18 bits per heavy atom. The number of aromatic nitrogens is 1. The Hall–Kier alpha value is -0.880. The van der Waals surface area contributed by atoms with Crippen molar-refractivity contribution in [3.63, 3.8) is 0 Å². The monoisotopic (exact) mass is 296 g/mol. The number of halogens is 1. The lowest BCUT2D eigenvalue weighted by Crippen LogP contribution is -2.36. The molecule has 90 valence electrons. The molecule has 17 heavy (non-hydrogen) atoms. The lowest BCUT2D eigenvalue weighted by molar-refractivity contribution is -0.182. The van der Waals surface area contributed by atoms with E-state index in [1.165, 1.54) is 5.06 Å². The topological polar surface area (TPSA) is 48.5 Å². The van der Waals surface area contributed by atoms with Crippen LogP contribution in [-0.2, 0) is 4.74 Å². The van der Waals surface area contributed by atoms with Gasteiger partial charge in [-0.15, -0.1) is 0 Å². The molecule has 1 saturated heterocycles. The maximum atomic E-state index is 9.90. The summed E-state index contributed by atoms with van der Waals surface area (Å²) < 4.78 is 6.46. The molecule has 0 unspecified atom stereocenters. The smallest absolute Gasteiger partial charge is 0.0854 e. The maximum Gasteiger partial charge on any atom is 0.0854 e. The zero-order chi connectivity index (χ0) is 11.8. The van der Waals surface area contributed by atoms with E-state index in [9.17, 15) is 5.21 Å². The third kappa shape index (κ3) is 1.99. The molecule has 1 aromatic heterocycles. The average molecular weight is 297 g/mol. The van der Waals surface area contributed by atoms with Crippen LogP contribution in [0.1, 0.15) is 11.6 Å². The predicted octanol–water partition coefficient (Wildman–Crippen LogP) is 2.69. The van der Waals surface area contributed by atoms with Crippen LogP contribution in [-0.4, -0.2) is 35.0 Å². The molecule has 0 radical (unpaired) electrons. The van der Waals surface area contributed by atoms with Crippen LogP contribution in [0.15, 0.2) is 28.9 Å². The first-order chi connectivity index (χ1) is 8.25. The molecule has 0 bridgehead atoms. The number of ether oxygens (including phenoxy) is 1. The van der Waals surface area contributed by atoms with Gasteiger partial charge >= 0.3 is 0 Å². The van der Waals surface area contributed by atoms with E-state index in [1.54, 1.807) is 0 Å². The molecule has 0 saturated carbocycles. The largest absolute Gasteiger partial charge is 0.378 e. The van der Waals surface area contributed by atoms with Gasteiger partial charge in [0, 0.05) is 28.1 Å². The molecule has 5 heteroatoms. The Kier molecular flexibility index (Phi) is 2.92. The molecule has 1 aliphatic heterocycles. The van der Waals surface area contributed by atoms with E-state index in [2.05, 4.69) is 27.0 Å². The molecule has 1 atom stereocenters. The van der Waals surface area contributed by atoms with Gasteiger partial charge in [-0.1, -0.05) is 15.9 Å². The van der Waals surface area contributed by atoms with Crippen molar-refractivity contribution in [1.29, 1.82) is 0 Å². The molecule has 1 aliphatic rings. The lowest BCUT2D eigenvalue weighted by atomic mass is 10.1. The Morgan fingerprint density at radius 2 is 2.35 bits per heavy atom. The van der Waals surface area contributed by atoms with Gasteiger partial charge in [0.25, 0.3) is 0 Å². The van der Waals surface area contributed by atoms with Gasteiger partial charge in [-0.25, -0.2) is 0 Å². The number of hydrogen-bond acceptors (Lipinski definition) is 3. The molecule has 2 heterocycles. The molecule has 1 fully saturated rings. The number of benzene rings is 1. The first kappa shape index (κ1) is 11.2. The second-order valence-electron chi connectivity index (χ2n) is 4.19. The highest BCUT2D eigenvalue weighted by atomic mass is 79.9. The molecule has 0 spiro atoms. The van der Waals surface area contributed by atoms with Crippen molar-refractivity contribution >= 4 is 26.8 Å². The minimum Gasteiger partial charge on any atom is -0.378 e. The molecular formula is C12H13BrN2O2. The van der Waals surface area contributed by atoms with E-state index in [0.717, 1.165) is 20.9 Å². The summed E-state index contributed by atoms with van der Waals surface area (Å²) in [6, 6.07) is 5.99.